The third-order valence-corrected chi connectivity index (χ3v) is 4.20. The van der Waals surface area contributed by atoms with E-state index in [1.165, 1.54) is 0 Å². The minimum Gasteiger partial charge on any atom is -0.486 e. The summed E-state index contributed by atoms with van der Waals surface area (Å²) in [4.78, 5) is 11.7. The Hall–Kier alpha value is -3.27. The van der Waals surface area contributed by atoms with Crippen LogP contribution in [0.1, 0.15) is 32.3 Å². The van der Waals surface area contributed by atoms with Gasteiger partial charge in [0.15, 0.2) is 5.75 Å². The van der Waals surface area contributed by atoms with Gasteiger partial charge in [0.1, 0.15) is 23.9 Å². The number of aromatic nitrogens is 3. The van der Waals surface area contributed by atoms with Gasteiger partial charge in [-0.1, -0.05) is 20.8 Å². The van der Waals surface area contributed by atoms with E-state index in [1.54, 1.807) is 6.20 Å². The van der Waals surface area contributed by atoms with Crippen molar-refractivity contribution < 1.29 is 9.47 Å². The molecule has 3 heterocycles. The molecule has 2 aromatic heterocycles. The summed E-state index contributed by atoms with van der Waals surface area (Å²) in [5.74, 6) is 1.59. The molecule has 0 fully saturated rings. The molecule has 0 unspecified atom stereocenters. The summed E-state index contributed by atoms with van der Waals surface area (Å²) in [6, 6.07) is 9.67. The fourth-order valence-electron chi connectivity index (χ4n) is 2.84. The third-order valence-electron chi connectivity index (χ3n) is 4.20. The van der Waals surface area contributed by atoms with Crippen molar-refractivity contribution in [2.45, 2.75) is 32.4 Å². The van der Waals surface area contributed by atoms with Gasteiger partial charge in [0.05, 0.1) is 17.4 Å². The van der Waals surface area contributed by atoms with Crippen LogP contribution in [-0.2, 0) is 5.41 Å². The number of hydrogen-bond donors (Lipinski definition) is 2. The number of pyridine rings is 1. The number of benzene rings is 1. The van der Waals surface area contributed by atoms with E-state index in [2.05, 4.69) is 41.0 Å². The summed E-state index contributed by atoms with van der Waals surface area (Å²) in [5, 5.41) is 12.2. The highest BCUT2D eigenvalue weighted by molar-refractivity contribution is 5.89. The molecule has 0 aliphatic carbocycles. The summed E-state index contributed by atoms with van der Waals surface area (Å²) in [6.45, 7) is 6.69. The van der Waals surface area contributed by atoms with E-state index < -0.39 is 0 Å². The second kappa shape index (κ2) is 5.92. The average molecular weight is 349 g/mol. The van der Waals surface area contributed by atoms with Gasteiger partial charge in [0.2, 0.25) is 12.1 Å². The van der Waals surface area contributed by atoms with Crippen molar-refractivity contribution in [1.82, 2.24) is 15.0 Å². The van der Waals surface area contributed by atoms with Gasteiger partial charge in [-0.3, -0.25) is 4.98 Å². The molecule has 0 saturated heterocycles. The lowest BCUT2D eigenvalue weighted by atomic mass is 9.92. The summed E-state index contributed by atoms with van der Waals surface area (Å²) in [7, 11) is 0. The monoisotopic (exact) mass is 349 g/mol. The normalized spacial score (nSPS) is 15.8. The van der Waals surface area contributed by atoms with Crippen molar-refractivity contribution in [3.63, 3.8) is 0 Å². The van der Waals surface area contributed by atoms with Crippen molar-refractivity contribution in [2.24, 2.45) is 0 Å². The molecule has 26 heavy (non-hydrogen) atoms. The van der Waals surface area contributed by atoms with Crippen molar-refractivity contribution in [3.05, 3.63) is 42.0 Å². The van der Waals surface area contributed by atoms with Crippen molar-refractivity contribution in [1.29, 1.82) is 5.26 Å². The smallest absolute Gasteiger partial charge is 0.211 e. The highest BCUT2D eigenvalue weighted by Crippen LogP contribution is 2.38. The summed E-state index contributed by atoms with van der Waals surface area (Å²) in [5.41, 5.74) is 3.27. The SMILES string of the molecule is CC(C)(C)c1ccc(OC[C@H]2Nc3ccc4[nH]c(C#N)nc4c3O2)cn1. The molecule has 0 spiro atoms. The van der Waals surface area contributed by atoms with Crippen LogP contribution < -0.4 is 14.8 Å². The molecule has 0 saturated carbocycles. The molecule has 4 rings (SSSR count). The Kier molecular flexibility index (Phi) is 3.69. The summed E-state index contributed by atoms with van der Waals surface area (Å²) in [6.07, 6.45) is 1.40. The van der Waals surface area contributed by atoms with Crippen LogP contribution in [0.15, 0.2) is 30.5 Å². The first kappa shape index (κ1) is 16.2. The molecular formula is C19H19N5O2. The van der Waals surface area contributed by atoms with E-state index in [4.69, 9.17) is 14.7 Å². The molecule has 3 aromatic rings. The Labute approximate surface area is 151 Å². The zero-order valence-corrected chi connectivity index (χ0v) is 14.8. The number of aromatic amines is 1. The molecule has 0 amide bonds. The first-order valence-electron chi connectivity index (χ1n) is 8.39. The van der Waals surface area contributed by atoms with Crippen LogP contribution >= 0.6 is 0 Å². The number of imidazole rings is 1. The number of hydrogen-bond acceptors (Lipinski definition) is 6. The third kappa shape index (κ3) is 2.90. The fourth-order valence-corrected chi connectivity index (χ4v) is 2.84. The molecule has 7 heteroatoms. The maximum Gasteiger partial charge on any atom is 0.211 e. The highest BCUT2D eigenvalue weighted by Gasteiger charge is 2.26. The quantitative estimate of drug-likeness (QED) is 0.753. The van der Waals surface area contributed by atoms with Gasteiger partial charge in [-0.15, -0.1) is 0 Å². The lowest BCUT2D eigenvalue weighted by Gasteiger charge is -2.18. The fraction of sp³-hybridized carbons (Fsp3) is 0.316. The number of H-pyrrole nitrogens is 1. The van der Waals surface area contributed by atoms with Gasteiger partial charge < -0.3 is 19.8 Å². The Bertz CT molecular complexity index is 996. The van der Waals surface area contributed by atoms with E-state index in [9.17, 15) is 0 Å². The van der Waals surface area contributed by atoms with Crippen molar-refractivity contribution in [3.8, 4) is 17.6 Å². The van der Waals surface area contributed by atoms with Gasteiger partial charge in [-0.25, -0.2) is 4.98 Å². The molecule has 1 aliphatic rings. The van der Waals surface area contributed by atoms with E-state index in [1.807, 2.05) is 30.3 Å². The number of anilines is 1. The molecule has 2 N–H and O–H groups in total. The minimum atomic E-state index is -0.333. The van der Waals surface area contributed by atoms with Gasteiger partial charge in [0, 0.05) is 11.1 Å². The van der Waals surface area contributed by atoms with E-state index >= 15 is 0 Å². The van der Waals surface area contributed by atoms with Crippen LogP contribution in [0.4, 0.5) is 5.69 Å². The summed E-state index contributed by atoms with van der Waals surface area (Å²) >= 11 is 0. The molecule has 7 nitrogen and oxygen atoms in total. The number of nitrogens with zero attached hydrogens (tertiary/aromatic N) is 3. The van der Waals surface area contributed by atoms with Gasteiger partial charge in [-0.2, -0.15) is 5.26 Å². The lowest BCUT2D eigenvalue weighted by Crippen LogP contribution is -2.28. The number of ether oxygens (including phenoxy) is 2. The van der Waals surface area contributed by atoms with E-state index in [0.717, 1.165) is 16.9 Å². The minimum absolute atomic E-state index is 0.00744. The molecule has 1 atom stereocenters. The average Bonchev–Trinajstić information content (AvgIpc) is 3.22. The van der Waals surface area contributed by atoms with Crippen molar-refractivity contribution in [2.75, 3.05) is 11.9 Å². The van der Waals surface area contributed by atoms with Crippen LogP contribution in [0.3, 0.4) is 0 Å². The Morgan fingerprint density at radius 1 is 1.27 bits per heavy atom. The zero-order valence-electron chi connectivity index (χ0n) is 14.8. The molecule has 1 aromatic carbocycles. The largest absolute Gasteiger partial charge is 0.486 e. The first-order chi connectivity index (χ1) is 12.4. The second-order valence-electron chi connectivity index (χ2n) is 7.23. The van der Waals surface area contributed by atoms with Gasteiger partial charge in [0.25, 0.3) is 0 Å². The molecule has 132 valence electrons. The van der Waals surface area contributed by atoms with Gasteiger partial charge >= 0.3 is 0 Å². The number of nitriles is 1. The molecule has 0 radical (unpaired) electrons. The highest BCUT2D eigenvalue weighted by atomic mass is 16.6. The summed E-state index contributed by atoms with van der Waals surface area (Å²) < 4.78 is 11.7. The molecule has 1 aliphatic heterocycles. The standard InChI is InChI=1S/C19H19N5O2/c1-19(2,3)14-7-4-11(9-21-14)25-10-16-23-13-6-5-12-17(18(13)26-16)24-15(8-20)22-12/h4-7,9,16,23H,10H2,1-3H3,(H,22,24)/t16-/m0/s1. The predicted molar refractivity (Wildman–Crippen MR) is 97.3 cm³/mol. The van der Waals surface area contributed by atoms with Crippen LogP contribution in [0.2, 0.25) is 0 Å². The lowest BCUT2D eigenvalue weighted by molar-refractivity contribution is 0.164. The Balaban J connectivity index is 1.45. The topological polar surface area (TPSA) is 95.8 Å². The van der Waals surface area contributed by atoms with Crippen molar-refractivity contribution >= 4 is 16.7 Å². The van der Waals surface area contributed by atoms with E-state index in [-0.39, 0.29) is 17.5 Å². The Morgan fingerprint density at radius 3 is 2.81 bits per heavy atom. The maximum atomic E-state index is 8.99. The number of fused-ring (bicyclic) bond motifs is 3. The predicted octanol–water partition coefficient (Wildman–Crippen LogP) is 3.34. The van der Waals surface area contributed by atoms with Crippen LogP contribution in [-0.4, -0.2) is 27.8 Å². The van der Waals surface area contributed by atoms with Crippen LogP contribution in [0.5, 0.6) is 11.5 Å². The molecular weight excluding hydrogens is 330 g/mol. The number of nitrogens with one attached hydrogen (secondary N) is 2. The molecule has 0 bridgehead atoms. The Morgan fingerprint density at radius 2 is 2.12 bits per heavy atom. The second-order valence-corrected chi connectivity index (χ2v) is 7.23. The van der Waals surface area contributed by atoms with Gasteiger partial charge in [-0.05, 0) is 24.3 Å². The van der Waals surface area contributed by atoms with Crippen LogP contribution in [0.25, 0.3) is 11.0 Å². The first-order valence-corrected chi connectivity index (χ1v) is 8.39. The van der Waals surface area contributed by atoms with Crippen LogP contribution in [0, 0.1) is 11.3 Å². The maximum absolute atomic E-state index is 8.99. The van der Waals surface area contributed by atoms with E-state index in [0.29, 0.717) is 23.6 Å². The number of rotatable bonds is 3. The zero-order chi connectivity index (χ0) is 18.3.